The van der Waals surface area contributed by atoms with E-state index in [-0.39, 0.29) is 23.4 Å². The van der Waals surface area contributed by atoms with E-state index >= 15 is 0 Å². The minimum absolute atomic E-state index is 0.0477. The second kappa shape index (κ2) is 6.13. The Kier molecular flexibility index (Phi) is 5.32. The van der Waals surface area contributed by atoms with Gasteiger partial charge in [-0.05, 0) is 39.4 Å². The smallest absolute Gasteiger partial charge is 0.137 e. The number of hydrogen-bond donors (Lipinski definition) is 1. The largest absolute Gasteiger partial charge is 0.379 e. The first kappa shape index (κ1) is 15.6. The van der Waals surface area contributed by atoms with Crippen LogP contribution in [-0.2, 0) is 11.2 Å². The maximum atomic E-state index is 13.4. The first-order valence-electron chi connectivity index (χ1n) is 5.98. The van der Waals surface area contributed by atoms with Crippen LogP contribution >= 0.6 is 15.9 Å². The van der Waals surface area contributed by atoms with Crippen LogP contribution in [0, 0.1) is 11.2 Å². The van der Waals surface area contributed by atoms with Gasteiger partial charge < -0.3 is 10.5 Å². The highest BCUT2D eigenvalue weighted by Crippen LogP contribution is 2.27. The van der Waals surface area contributed by atoms with Crippen LogP contribution in [0.2, 0.25) is 0 Å². The Bertz CT molecular complexity index is 403. The van der Waals surface area contributed by atoms with Crippen LogP contribution in [0.25, 0.3) is 0 Å². The van der Waals surface area contributed by atoms with Gasteiger partial charge in [0, 0.05) is 13.2 Å². The molecule has 2 nitrogen and oxygen atoms in total. The van der Waals surface area contributed by atoms with Gasteiger partial charge >= 0.3 is 0 Å². The summed E-state index contributed by atoms with van der Waals surface area (Å²) in [5, 5.41) is 0. The molecule has 1 rings (SSSR count). The SMILES string of the molecule is COC(C(N)Cc1cccc(F)c1Br)C(C)(C)C. The summed E-state index contributed by atoms with van der Waals surface area (Å²) in [4.78, 5) is 0. The molecule has 2 N–H and O–H groups in total. The molecule has 18 heavy (non-hydrogen) atoms. The van der Waals surface area contributed by atoms with Gasteiger partial charge in [0.1, 0.15) is 5.82 Å². The summed E-state index contributed by atoms with van der Waals surface area (Å²) >= 11 is 3.26. The number of ether oxygens (including phenoxy) is 1. The van der Waals surface area contributed by atoms with E-state index in [1.54, 1.807) is 13.2 Å². The van der Waals surface area contributed by atoms with E-state index < -0.39 is 0 Å². The molecule has 0 radical (unpaired) electrons. The van der Waals surface area contributed by atoms with Gasteiger partial charge in [-0.25, -0.2) is 4.39 Å². The van der Waals surface area contributed by atoms with Crippen molar-refractivity contribution in [2.24, 2.45) is 11.1 Å². The van der Waals surface area contributed by atoms with Crippen LogP contribution < -0.4 is 5.73 Å². The van der Waals surface area contributed by atoms with Gasteiger partial charge in [-0.3, -0.25) is 0 Å². The number of hydrogen-bond acceptors (Lipinski definition) is 2. The predicted molar refractivity (Wildman–Crippen MR) is 76.0 cm³/mol. The fraction of sp³-hybridized carbons (Fsp3) is 0.571. The molecule has 0 amide bonds. The molecule has 0 saturated heterocycles. The van der Waals surface area contributed by atoms with Gasteiger partial charge in [-0.2, -0.15) is 0 Å². The average Bonchev–Trinajstić information content (AvgIpc) is 2.23. The zero-order valence-corrected chi connectivity index (χ0v) is 12.9. The first-order valence-corrected chi connectivity index (χ1v) is 6.78. The molecule has 0 fully saturated rings. The molecule has 0 aromatic heterocycles. The lowest BCUT2D eigenvalue weighted by molar-refractivity contribution is -0.00169. The molecule has 1 aromatic carbocycles. The second-order valence-electron chi connectivity index (χ2n) is 5.60. The number of benzene rings is 1. The third-order valence-corrected chi connectivity index (χ3v) is 3.87. The molecular weight excluding hydrogens is 297 g/mol. The molecule has 2 atom stereocenters. The Morgan fingerprint density at radius 1 is 1.39 bits per heavy atom. The lowest BCUT2D eigenvalue weighted by atomic mass is 9.83. The molecule has 102 valence electrons. The first-order chi connectivity index (χ1) is 8.27. The van der Waals surface area contributed by atoms with Gasteiger partial charge in [0.05, 0.1) is 10.6 Å². The maximum Gasteiger partial charge on any atom is 0.137 e. The van der Waals surface area contributed by atoms with E-state index in [1.165, 1.54) is 6.07 Å². The summed E-state index contributed by atoms with van der Waals surface area (Å²) in [6.45, 7) is 6.25. The molecule has 2 unspecified atom stereocenters. The van der Waals surface area contributed by atoms with Gasteiger partial charge in [0.25, 0.3) is 0 Å². The summed E-state index contributed by atoms with van der Waals surface area (Å²) in [6.07, 6.45) is 0.501. The van der Waals surface area contributed by atoms with Gasteiger partial charge in [0.15, 0.2) is 0 Å². The van der Waals surface area contributed by atoms with Crippen molar-refractivity contribution in [1.82, 2.24) is 0 Å². The van der Waals surface area contributed by atoms with Crippen LogP contribution in [0.4, 0.5) is 4.39 Å². The molecule has 0 aliphatic carbocycles. The number of nitrogens with two attached hydrogens (primary N) is 1. The van der Waals surface area contributed by atoms with Crippen molar-refractivity contribution in [3.8, 4) is 0 Å². The third-order valence-electron chi connectivity index (χ3n) is 2.98. The summed E-state index contributed by atoms with van der Waals surface area (Å²) in [6, 6.07) is 4.83. The van der Waals surface area contributed by atoms with Gasteiger partial charge in [-0.15, -0.1) is 0 Å². The van der Waals surface area contributed by atoms with E-state index in [0.29, 0.717) is 10.9 Å². The normalized spacial score (nSPS) is 15.5. The van der Waals surface area contributed by atoms with Crippen molar-refractivity contribution in [3.05, 3.63) is 34.1 Å². The molecule has 4 heteroatoms. The molecule has 0 aliphatic rings. The van der Waals surface area contributed by atoms with Gasteiger partial charge in [0.2, 0.25) is 0 Å². The lowest BCUT2D eigenvalue weighted by Gasteiger charge is -2.34. The molecule has 1 aromatic rings. The van der Waals surface area contributed by atoms with Crippen LogP contribution in [0.1, 0.15) is 26.3 Å². The topological polar surface area (TPSA) is 35.2 Å². The standard InChI is InChI=1S/C14H21BrFNO/c1-14(2,3)13(18-4)11(17)8-9-6-5-7-10(16)12(9)15/h5-7,11,13H,8,17H2,1-4H3. The zero-order valence-electron chi connectivity index (χ0n) is 11.3. The van der Waals surface area contributed by atoms with E-state index in [4.69, 9.17) is 10.5 Å². The van der Waals surface area contributed by atoms with Crippen molar-refractivity contribution < 1.29 is 9.13 Å². The van der Waals surface area contributed by atoms with Crippen molar-refractivity contribution in [2.75, 3.05) is 7.11 Å². The van der Waals surface area contributed by atoms with Crippen molar-refractivity contribution >= 4 is 15.9 Å². The molecule has 0 saturated carbocycles. The monoisotopic (exact) mass is 317 g/mol. The highest BCUT2D eigenvalue weighted by atomic mass is 79.9. The van der Waals surface area contributed by atoms with Crippen LogP contribution in [0.3, 0.4) is 0 Å². The molecule has 0 spiro atoms. The fourth-order valence-corrected chi connectivity index (χ4v) is 2.66. The quantitative estimate of drug-likeness (QED) is 0.922. The zero-order chi connectivity index (χ0) is 13.9. The summed E-state index contributed by atoms with van der Waals surface area (Å²) in [5.74, 6) is -0.260. The molecule has 0 heterocycles. The Hall–Kier alpha value is -0.450. The molecule has 0 aliphatic heterocycles. The Morgan fingerprint density at radius 3 is 2.50 bits per heavy atom. The molecular formula is C14H21BrFNO. The van der Waals surface area contributed by atoms with Crippen molar-refractivity contribution in [1.29, 1.82) is 0 Å². The molecule has 0 bridgehead atoms. The van der Waals surface area contributed by atoms with Gasteiger partial charge in [-0.1, -0.05) is 32.9 Å². The van der Waals surface area contributed by atoms with Crippen LogP contribution in [0.15, 0.2) is 22.7 Å². The van der Waals surface area contributed by atoms with E-state index in [0.717, 1.165) is 5.56 Å². The Labute approximate surface area is 117 Å². The van der Waals surface area contributed by atoms with Crippen LogP contribution in [0.5, 0.6) is 0 Å². The fourth-order valence-electron chi connectivity index (χ4n) is 2.24. The number of methoxy groups -OCH3 is 1. The predicted octanol–water partition coefficient (Wildman–Crippen LogP) is 3.52. The highest BCUT2D eigenvalue weighted by molar-refractivity contribution is 9.10. The van der Waals surface area contributed by atoms with Crippen molar-refractivity contribution in [2.45, 2.75) is 39.3 Å². The van der Waals surface area contributed by atoms with E-state index in [1.807, 2.05) is 6.07 Å². The minimum atomic E-state index is -0.260. The number of rotatable bonds is 4. The average molecular weight is 318 g/mol. The summed E-state index contributed by atoms with van der Waals surface area (Å²) in [7, 11) is 1.66. The maximum absolute atomic E-state index is 13.4. The van der Waals surface area contributed by atoms with E-state index in [9.17, 15) is 4.39 Å². The van der Waals surface area contributed by atoms with Crippen molar-refractivity contribution in [3.63, 3.8) is 0 Å². The Balaban J connectivity index is 2.87. The third kappa shape index (κ3) is 3.77. The summed E-state index contributed by atoms with van der Waals surface area (Å²) in [5.41, 5.74) is 7.02. The van der Waals surface area contributed by atoms with Crippen LogP contribution in [-0.4, -0.2) is 19.3 Å². The van der Waals surface area contributed by atoms with E-state index in [2.05, 4.69) is 36.7 Å². The summed E-state index contributed by atoms with van der Waals surface area (Å²) < 4.78 is 19.4. The highest BCUT2D eigenvalue weighted by Gasteiger charge is 2.30. The Morgan fingerprint density at radius 2 is 2.00 bits per heavy atom. The lowest BCUT2D eigenvalue weighted by Crippen LogP contribution is -2.46. The number of halogens is 2. The second-order valence-corrected chi connectivity index (χ2v) is 6.40. The minimum Gasteiger partial charge on any atom is -0.379 e.